The Morgan fingerprint density at radius 2 is 1.79 bits per heavy atom. The first kappa shape index (κ1) is 26.4. The Morgan fingerprint density at radius 3 is 2.44 bits per heavy atom. The van der Waals surface area contributed by atoms with Crippen LogP contribution in [-0.2, 0) is 14.6 Å². The van der Waals surface area contributed by atoms with Gasteiger partial charge in [0.15, 0.2) is 15.0 Å². The minimum absolute atomic E-state index is 0.107. The van der Waals surface area contributed by atoms with Gasteiger partial charge in [-0.25, -0.2) is 13.4 Å². The van der Waals surface area contributed by atoms with Gasteiger partial charge in [-0.2, -0.15) is 0 Å². The topological polar surface area (TPSA) is 79.8 Å². The number of hydrogen-bond donors (Lipinski definition) is 0. The maximum absolute atomic E-state index is 13.2. The molecule has 10 heteroatoms. The third-order valence-electron chi connectivity index (χ3n) is 5.63. The van der Waals surface area contributed by atoms with Gasteiger partial charge in [-0.05, 0) is 62.0 Å². The molecule has 0 aliphatic heterocycles. The van der Waals surface area contributed by atoms with E-state index >= 15 is 0 Å². The lowest BCUT2D eigenvalue weighted by atomic mass is 10.3. The van der Waals surface area contributed by atoms with Crippen LogP contribution in [0, 0.1) is 0 Å². The zero-order chi connectivity index (χ0) is 24.7. The average Bonchev–Trinajstić information content (AvgIpc) is 3.24. The number of ether oxygens (including phenoxy) is 1. The number of rotatable bonds is 12. The second-order valence-corrected chi connectivity index (χ2v) is 11.3. The summed E-state index contributed by atoms with van der Waals surface area (Å²) in [7, 11) is -1.96. The smallest absolute Gasteiger partial charge is 0.228 e. The molecule has 1 aromatic heterocycles. The molecule has 34 heavy (non-hydrogen) atoms. The van der Waals surface area contributed by atoms with Crippen LogP contribution in [0.5, 0.6) is 5.75 Å². The highest BCUT2D eigenvalue weighted by molar-refractivity contribution is 7.91. The van der Waals surface area contributed by atoms with Crippen LogP contribution in [0.4, 0.5) is 5.13 Å². The molecule has 0 N–H and O–H groups in total. The second kappa shape index (κ2) is 12.0. The van der Waals surface area contributed by atoms with Gasteiger partial charge in [0, 0.05) is 24.5 Å². The van der Waals surface area contributed by atoms with E-state index in [1.54, 1.807) is 23.1 Å². The monoisotopic (exact) mass is 523 g/mol. The number of nitrogens with zero attached hydrogens (tertiary/aromatic N) is 3. The Bertz CT molecular complexity index is 1210. The molecular weight excluding hydrogens is 494 g/mol. The van der Waals surface area contributed by atoms with Crippen molar-refractivity contribution in [3.8, 4) is 5.75 Å². The number of methoxy groups -OCH3 is 1. The van der Waals surface area contributed by atoms with E-state index in [1.165, 1.54) is 30.6 Å². The summed E-state index contributed by atoms with van der Waals surface area (Å²) in [6, 6.07) is 11.7. The molecule has 0 saturated carbocycles. The molecule has 0 fully saturated rings. The minimum Gasteiger partial charge on any atom is -0.497 e. The number of benzene rings is 2. The number of thiazole rings is 1. The summed E-state index contributed by atoms with van der Waals surface area (Å²) in [5, 5.41) is 1.22. The Kier molecular flexibility index (Phi) is 9.30. The highest BCUT2D eigenvalue weighted by atomic mass is 35.5. The molecular formula is C24H30ClN3O4S2. The van der Waals surface area contributed by atoms with E-state index in [0.717, 1.165) is 23.3 Å². The van der Waals surface area contributed by atoms with Crippen LogP contribution in [-0.4, -0.2) is 63.3 Å². The van der Waals surface area contributed by atoms with Crippen molar-refractivity contribution in [1.29, 1.82) is 0 Å². The van der Waals surface area contributed by atoms with Crippen molar-refractivity contribution >= 4 is 54.0 Å². The number of amides is 1. The Morgan fingerprint density at radius 1 is 1.09 bits per heavy atom. The number of aromatic nitrogens is 1. The van der Waals surface area contributed by atoms with E-state index in [2.05, 4.69) is 23.7 Å². The molecule has 0 saturated heterocycles. The number of carbonyl (C=O) groups excluding carboxylic acids is 1. The average molecular weight is 524 g/mol. The maximum Gasteiger partial charge on any atom is 0.228 e. The van der Waals surface area contributed by atoms with E-state index in [1.807, 2.05) is 12.1 Å². The lowest BCUT2D eigenvalue weighted by Gasteiger charge is -2.24. The van der Waals surface area contributed by atoms with Gasteiger partial charge in [-0.1, -0.05) is 36.8 Å². The number of anilines is 1. The minimum atomic E-state index is -3.49. The molecule has 0 atom stereocenters. The number of halogens is 1. The number of carbonyl (C=O) groups is 1. The Labute approximate surface area is 210 Å². The van der Waals surface area contributed by atoms with Gasteiger partial charge in [0.2, 0.25) is 5.91 Å². The fourth-order valence-corrected chi connectivity index (χ4v) is 6.16. The molecule has 0 radical (unpaired) electrons. The van der Waals surface area contributed by atoms with Crippen molar-refractivity contribution in [2.24, 2.45) is 0 Å². The number of likely N-dealkylation sites (N-methyl/N-ethyl adjacent to an activating group) is 1. The summed E-state index contributed by atoms with van der Waals surface area (Å²) in [6.07, 6.45) is 0.343. The van der Waals surface area contributed by atoms with E-state index in [0.29, 0.717) is 29.0 Å². The molecule has 0 unspecified atom stereocenters. The molecule has 1 heterocycles. The molecule has 3 aromatic rings. The van der Waals surface area contributed by atoms with Crippen LogP contribution in [0.3, 0.4) is 0 Å². The predicted octanol–water partition coefficient (Wildman–Crippen LogP) is 4.89. The van der Waals surface area contributed by atoms with Crippen molar-refractivity contribution in [2.45, 2.75) is 31.6 Å². The molecule has 0 aliphatic rings. The van der Waals surface area contributed by atoms with Gasteiger partial charge < -0.3 is 9.64 Å². The van der Waals surface area contributed by atoms with E-state index in [4.69, 9.17) is 16.3 Å². The van der Waals surface area contributed by atoms with Gasteiger partial charge in [0.1, 0.15) is 5.75 Å². The van der Waals surface area contributed by atoms with E-state index < -0.39 is 9.84 Å². The predicted molar refractivity (Wildman–Crippen MR) is 139 cm³/mol. The third kappa shape index (κ3) is 6.69. The number of sulfone groups is 1. The zero-order valence-corrected chi connectivity index (χ0v) is 22.0. The summed E-state index contributed by atoms with van der Waals surface area (Å²) >= 11 is 7.53. The van der Waals surface area contributed by atoms with Gasteiger partial charge >= 0.3 is 0 Å². The molecule has 3 rings (SSSR count). The first-order valence-electron chi connectivity index (χ1n) is 11.2. The van der Waals surface area contributed by atoms with Crippen LogP contribution < -0.4 is 9.64 Å². The van der Waals surface area contributed by atoms with Gasteiger partial charge in [0.25, 0.3) is 0 Å². The fraction of sp³-hybridized carbons (Fsp3) is 0.417. The summed E-state index contributed by atoms with van der Waals surface area (Å²) in [4.78, 5) is 22.0. The van der Waals surface area contributed by atoms with Gasteiger partial charge in [-0.15, -0.1) is 0 Å². The largest absolute Gasteiger partial charge is 0.497 e. The normalized spacial score (nSPS) is 11.8. The van der Waals surface area contributed by atoms with Crippen LogP contribution in [0.15, 0.2) is 47.4 Å². The summed E-state index contributed by atoms with van der Waals surface area (Å²) in [6.45, 7) is 7.12. The molecule has 2 aromatic carbocycles. The van der Waals surface area contributed by atoms with Crippen LogP contribution in [0.2, 0.25) is 5.02 Å². The molecule has 0 aliphatic carbocycles. The summed E-state index contributed by atoms with van der Waals surface area (Å²) in [5.41, 5.74) is 0.784. The first-order valence-corrected chi connectivity index (χ1v) is 14.1. The first-order chi connectivity index (χ1) is 16.3. The summed E-state index contributed by atoms with van der Waals surface area (Å²) < 4.78 is 31.4. The standard InChI is InChI=1S/C24H30ClN3O4S2/c1-4-27(5-2)14-15-28(24-26-21-13-8-18(25)17-22(21)33-24)23(29)7-6-16-34(30,31)20-11-9-19(32-3)10-12-20/h8-13,17H,4-7,14-16H2,1-3H3. The van der Waals surface area contributed by atoms with Crippen LogP contribution in [0.25, 0.3) is 10.2 Å². The highest BCUT2D eigenvalue weighted by Gasteiger charge is 2.22. The molecule has 7 nitrogen and oxygen atoms in total. The maximum atomic E-state index is 13.2. The molecule has 0 spiro atoms. The van der Waals surface area contributed by atoms with Crippen molar-refractivity contribution in [3.05, 3.63) is 47.5 Å². The lowest BCUT2D eigenvalue weighted by molar-refractivity contribution is -0.118. The third-order valence-corrected chi connectivity index (χ3v) is 8.72. The van der Waals surface area contributed by atoms with Crippen molar-refractivity contribution in [3.63, 3.8) is 0 Å². The molecule has 1 amide bonds. The molecule has 184 valence electrons. The molecule has 0 bridgehead atoms. The number of fused-ring (bicyclic) bond motifs is 1. The Hall–Kier alpha value is -2.20. The SMILES string of the molecule is CCN(CC)CCN(C(=O)CCCS(=O)(=O)c1ccc(OC)cc1)c1nc2ccc(Cl)cc2s1. The van der Waals surface area contributed by atoms with Crippen molar-refractivity contribution in [1.82, 2.24) is 9.88 Å². The van der Waals surface area contributed by atoms with Crippen molar-refractivity contribution < 1.29 is 17.9 Å². The summed E-state index contributed by atoms with van der Waals surface area (Å²) in [5.74, 6) is 0.349. The van der Waals surface area contributed by atoms with Gasteiger partial charge in [0.05, 0.1) is 28.0 Å². The van der Waals surface area contributed by atoms with E-state index in [9.17, 15) is 13.2 Å². The zero-order valence-electron chi connectivity index (χ0n) is 19.7. The fourth-order valence-electron chi connectivity index (χ4n) is 3.56. The quantitative estimate of drug-likeness (QED) is 0.336. The van der Waals surface area contributed by atoms with Crippen molar-refractivity contribution in [2.75, 3.05) is 43.9 Å². The van der Waals surface area contributed by atoms with Crippen LogP contribution in [0.1, 0.15) is 26.7 Å². The lowest BCUT2D eigenvalue weighted by Crippen LogP contribution is -2.38. The van der Waals surface area contributed by atoms with E-state index in [-0.39, 0.29) is 29.4 Å². The Balaban J connectivity index is 1.72. The van der Waals surface area contributed by atoms with Crippen LogP contribution >= 0.6 is 22.9 Å². The van der Waals surface area contributed by atoms with Gasteiger partial charge in [-0.3, -0.25) is 9.69 Å². The number of hydrogen-bond acceptors (Lipinski definition) is 7. The highest BCUT2D eigenvalue weighted by Crippen LogP contribution is 2.31. The second-order valence-electron chi connectivity index (χ2n) is 7.78.